The Balaban J connectivity index is 2.64. The number of methoxy groups -OCH3 is 1. The van der Waals surface area contributed by atoms with Gasteiger partial charge in [-0.1, -0.05) is 0 Å². The summed E-state index contributed by atoms with van der Waals surface area (Å²) in [5, 5.41) is 9.18. The summed E-state index contributed by atoms with van der Waals surface area (Å²) in [4.78, 5) is 15.9. The number of carbonyl (C=O) groups excluding carboxylic acids is 1. The Morgan fingerprint density at radius 1 is 1.47 bits per heavy atom. The largest absolute Gasteiger partial charge is 0.508 e. The maximum atomic E-state index is 11.6. The van der Waals surface area contributed by atoms with E-state index in [9.17, 15) is 9.90 Å². The van der Waals surface area contributed by atoms with Crippen LogP contribution in [-0.4, -0.2) is 42.5 Å². The van der Waals surface area contributed by atoms with Crippen molar-refractivity contribution >= 4 is 23.9 Å². The van der Waals surface area contributed by atoms with Gasteiger partial charge in [0.05, 0.1) is 7.11 Å². The van der Waals surface area contributed by atoms with Gasteiger partial charge in [-0.25, -0.2) is 4.79 Å². The first-order valence-corrected chi connectivity index (χ1v) is 7.45. The Bertz CT molecular complexity index is 417. The van der Waals surface area contributed by atoms with Crippen LogP contribution in [0.25, 0.3) is 0 Å². The van der Waals surface area contributed by atoms with Crippen LogP contribution in [0.15, 0.2) is 29.3 Å². The second-order valence-electron chi connectivity index (χ2n) is 4.04. The maximum absolute atomic E-state index is 11.6. The van der Waals surface area contributed by atoms with Crippen molar-refractivity contribution in [3.8, 4) is 5.75 Å². The average molecular weight is 281 g/mol. The Morgan fingerprint density at radius 3 is 2.74 bits per heavy atom. The molecule has 0 aliphatic heterocycles. The molecule has 0 saturated carbocycles. The number of thioether (sulfide) groups is 1. The molecule has 1 rings (SSSR count). The van der Waals surface area contributed by atoms with Crippen molar-refractivity contribution in [3.63, 3.8) is 0 Å². The number of phenolic OH excluding ortho intramolecular Hbond substituents is 1. The van der Waals surface area contributed by atoms with E-state index in [0.717, 1.165) is 17.7 Å². The highest BCUT2D eigenvalue weighted by Crippen LogP contribution is 2.10. The normalized spacial score (nSPS) is 12.5. The van der Waals surface area contributed by atoms with Gasteiger partial charge in [-0.3, -0.25) is 4.99 Å². The van der Waals surface area contributed by atoms with Gasteiger partial charge in [0.25, 0.3) is 0 Å². The van der Waals surface area contributed by atoms with Crippen LogP contribution < -0.4 is 0 Å². The van der Waals surface area contributed by atoms with Gasteiger partial charge in [0.15, 0.2) is 0 Å². The molecule has 0 aromatic heterocycles. The molecular weight excluding hydrogens is 262 g/mol. The number of aliphatic imine (C=N–C) groups is 1. The van der Waals surface area contributed by atoms with Gasteiger partial charge in [-0.15, -0.1) is 0 Å². The monoisotopic (exact) mass is 281 g/mol. The Hall–Kier alpha value is -1.49. The first-order valence-electron chi connectivity index (χ1n) is 6.06. The van der Waals surface area contributed by atoms with Crippen molar-refractivity contribution in [2.75, 3.05) is 19.1 Å². The number of hydrogen-bond acceptors (Lipinski definition) is 5. The zero-order chi connectivity index (χ0) is 14.1. The molecule has 0 heterocycles. The summed E-state index contributed by atoms with van der Waals surface area (Å²) in [5.41, 5.74) is 0.844. The van der Waals surface area contributed by atoms with Crippen molar-refractivity contribution in [1.29, 1.82) is 0 Å². The number of hydrogen-bond donors (Lipinski definition) is 1. The van der Waals surface area contributed by atoms with Crippen LogP contribution in [0, 0.1) is 0 Å². The summed E-state index contributed by atoms with van der Waals surface area (Å²) < 4.78 is 4.75. The molecule has 0 unspecified atom stereocenters. The topological polar surface area (TPSA) is 58.9 Å². The Morgan fingerprint density at radius 2 is 2.16 bits per heavy atom. The minimum Gasteiger partial charge on any atom is -0.508 e. The molecule has 0 spiro atoms. The number of ether oxygens (including phenoxy) is 1. The molecule has 5 heteroatoms. The number of nitrogens with zero attached hydrogens (tertiary/aromatic N) is 1. The fourth-order valence-corrected chi connectivity index (χ4v) is 2.00. The highest BCUT2D eigenvalue weighted by molar-refractivity contribution is 7.98. The summed E-state index contributed by atoms with van der Waals surface area (Å²) in [7, 11) is 1.37. The first kappa shape index (κ1) is 15.6. The van der Waals surface area contributed by atoms with E-state index in [1.54, 1.807) is 42.2 Å². The number of aromatic hydroxyl groups is 1. The summed E-state index contributed by atoms with van der Waals surface area (Å²) in [6.07, 6.45) is 5.28. The molecule has 1 aromatic rings. The Kier molecular flexibility index (Phi) is 7.03. The zero-order valence-corrected chi connectivity index (χ0v) is 12.0. The lowest BCUT2D eigenvalue weighted by Crippen LogP contribution is -2.20. The lowest BCUT2D eigenvalue weighted by Gasteiger charge is -2.09. The molecule has 0 aliphatic carbocycles. The van der Waals surface area contributed by atoms with Crippen molar-refractivity contribution in [2.24, 2.45) is 4.99 Å². The summed E-state index contributed by atoms with van der Waals surface area (Å²) in [6.45, 7) is 0. The van der Waals surface area contributed by atoms with Gasteiger partial charge in [-0.2, -0.15) is 11.8 Å². The highest BCUT2D eigenvalue weighted by atomic mass is 32.2. The molecular formula is C14H19NO3S. The van der Waals surface area contributed by atoms with Gasteiger partial charge in [0, 0.05) is 6.21 Å². The van der Waals surface area contributed by atoms with Crippen LogP contribution in [0.4, 0.5) is 0 Å². The molecule has 0 fully saturated rings. The smallest absolute Gasteiger partial charge is 0.330 e. The van der Waals surface area contributed by atoms with Crippen LogP contribution >= 0.6 is 11.8 Å². The van der Waals surface area contributed by atoms with Gasteiger partial charge < -0.3 is 9.84 Å². The van der Waals surface area contributed by atoms with Crippen molar-refractivity contribution in [3.05, 3.63) is 29.8 Å². The predicted molar refractivity (Wildman–Crippen MR) is 79.1 cm³/mol. The van der Waals surface area contributed by atoms with E-state index in [0.29, 0.717) is 6.42 Å². The van der Waals surface area contributed by atoms with Crippen LogP contribution in [0.5, 0.6) is 5.75 Å². The SMILES string of the molecule is COC(=O)[C@H](CCCSC)N=Cc1ccc(O)cc1. The molecule has 0 saturated heterocycles. The molecule has 4 nitrogen and oxygen atoms in total. The molecule has 104 valence electrons. The number of esters is 1. The minimum absolute atomic E-state index is 0.210. The standard InChI is InChI=1S/C14H19NO3S/c1-18-14(17)13(4-3-9-19-2)15-10-11-5-7-12(16)8-6-11/h5-8,10,13,16H,3-4,9H2,1-2H3/t13-/m0/s1. The molecule has 19 heavy (non-hydrogen) atoms. The highest BCUT2D eigenvalue weighted by Gasteiger charge is 2.16. The molecule has 1 atom stereocenters. The zero-order valence-electron chi connectivity index (χ0n) is 11.2. The van der Waals surface area contributed by atoms with Crippen LogP contribution in [-0.2, 0) is 9.53 Å². The van der Waals surface area contributed by atoms with Crippen molar-refractivity contribution in [2.45, 2.75) is 18.9 Å². The molecule has 1 N–H and O–H groups in total. The lowest BCUT2D eigenvalue weighted by molar-refractivity contribution is -0.142. The maximum Gasteiger partial charge on any atom is 0.330 e. The Labute approximate surface area is 117 Å². The van der Waals surface area contributed by atoms with E-state index in [4.69, 9.17) is 4.74 Å². The average Bonchev–Trinajstić information content (AvgIpc) is 2.43. The van der Waals surface area contributed by atoms with Gasteiger partial charge in [-0.05, 0) is 54.7 Å². The molecule has 0 amide bonds. The third-order valence-electron chi connectivity index (χ3n) is 2.60. The van der Waals surface area contributed by atoms with Crippen LogP contribution in [0.2, 0.25) is 0 Å². The minimum atomic E-state index is -0.453. The van der Waals surface area contributed by atoms with Crippen molar-refractivity contribution in [1.82, 2.24) is 0 Å². The number of rotatable bonds is 7. The van der Waals surface area contributed by atoms with Gasteiger partial charge in [0.2, 0.25) is 0 Å². The molecule has 0 aliphatic rings. The molecule has 0 bridgehead atoms. The van der Waals surface area contributed by atoms with E-state index in [-0.39, 0.29) is 11.7 Å². The van der Waals surface area contributed by atoms with Gasteiger partial charge >= 0.3 is 5.97 Å². The van der Waals surface area contributed by atoms with Gasteiger partial charge in [0.1, 0.15) is 11.8 Å². The van der Waals surface area contributed by atoms with E-state index < -0.39 is 6.04 Å². The van der Waals surface area contributed by atoms with Crippen LogP contribution in [0.3, 0.4) is 0 Å². The summed E-state index contributed by atoms with van der Waals surface area (Å²) in [6, 6.07) is 6.21. The molecule has 1 aromatic carbocycles. The summed E-state index contributed by atoms with van der Waals surface area (Å²) >= 11 is 1.75. The van der Waals surface area contributed by atoms with E-state index in [1.165, 1.54) is 7.11 Å². The van der Waals surface area contributed by atoms with E-state index in [2.05, 4.69) is 4.99 Å². The van der Waals surface area contributed by atoms with E-state index >= 15 is 0 Å². The third-order valence-corrected chi connectivity index (χ3v) is 3.29. The number of carbonyl (C=O) groups is 1. The predicted octanol–water partition coefficient (Wildman–Crippen LogP) is 2.50. The second-order valence-corrected chi connectivity index (χ2v) is 5.03. The van der Waals surface area contributed by atoms with Crippen LogP contribution in [0.1, 0.15) is 18.4 Å². The quantitative estimate of drug-likeness (QED) is 0.474. The molecule has 0 radical (unpaired) electrons. The number of benzene rings is 1. The third kappa shape index (κ3) is 5.79. The second kappa shape index (κ2) is 8.58. The first-order chi connectivity index (χ1) is 9.17. The van der Waals surface area contributed by atoms with Crippen molar-refractivity contribution < 1.29 is 14.6 Å². The summed E-state index contributed by atoms with van der Waals surface area (Å²) in [5.74, 6) is 0.903. The van der Waals surface area contributed by atoms with E-state index in [1.807, 2.05) is 6.26 Å². The fourth-order valence-electron chi connectivity index (χ4n) is 1.55. The number of phenols is 1. The fraction of sp³-hybridized carbons (Fsp3) is 0.429. The lowest BCUT2D eigenvalue weighted by atomic mass is 10.1.